The molecule has 3 aromatic rings. The Hall–Kier alpha value is -4.16. The lowest BCUT2D eigenvalue weighted by Crippen LogP contribution is -2.40. The predicted molar refractivity (Wildman–Crippen MR) is 159 cm³/mol. The molecule has 1 aromatic heterocycles. The molecule has 41 heavy (non-hydrogen) atoms. The average molecular weight is 555 g/mol. The van der Waals surface area contributed by atoms with Crippen LogP contribution in [0.3, 0.4) is 0 Å². The fraction of sp³-hybridized carbons (Fsp3) is 0.438. The van der Waals surface area contributed by atoms with E-state index in [0.29, 0.717) is 24.7 Å². The van der Waals surface area contributed by atoms with Gasteiger partial charge in [-0.15, -0.1) is 0 Å². The fourth-order valence-corrected chi connectivity index (χ4v) is 5.45. The van der Waals surface area contributed by atoms with Crippen molar-refractivity contribution in [2.24, 2.45) is 0 Å². The molecule has 0 saturated carbocycles. The highest BCUT2D eigenvalue weighted by Gasteiger charge is 2.32. The minimum Gasteiger partial charge on any atom is -0.444 e. The van der Waals surface area contributed by atoms with E-state index in [9.17, 15) is 10.1 Å². The van der Waals surface area contributed by atoms with Gasteiger partial charge in [-0.3, -0.25) is 0 Å². The zero-order valence-corrected chi connectivity index (χ0v) is 24.1. The van der Waals surface area contributed by atoms with Gasteiger partial charge in [-0.1, -0.05) is 12.1 Å². The molecule has 1 amide bonds. The molecular formula is C32H38N6O3. The summed E-state index contributed by atoms with van der Waals surface area (Å²) in [5.41, 5.74) is 5.00. The number of nitrogens with one attached hydrogen (secondary N) is 1. The second kappa shape index (κ2) is 12.6. The summed E-state index contributed by atoms with van der Waals surface area (Å²) in [4.78, 5) is 26.3. The van der Waals surface area contributed by atoms with Gasteiger partial charge in [0, 0.05) is 48.8 Å². The largest absolute Gasteiger partial charge is 0.444 e. The minimum atomic E-state index is -0.508. The number of amides is 1. The first kappa shape index (κ1) is 28.4. The van der Waals surface area contributed by atoms with E-state index < -0.39 is 5.60 Å². The van der Waals surface area contributed by atoms with Crippen molar-refractivity contribution in [3.63, 3.8) is 0 Å². The number of nitriles is 1. The van der Waals surface area contributed by atoms with Crippen LogP contribution < -0.4 is 10.2 Å². The molecule has 5 rings (SSSR count). The highest BCUT2D eigenvalue weighted by Crippen LogP contribution is 2.31. The van der Waals surface area contributed by atoms with Gasteiger partial charge in [-0.05, 0) is 88.4 Å². The van der Waals surface area contributed by atoms with Gasteiger partial charge in [-0.25, -0.2) is 14.8 Å². The molecule has 3 heterocycles. The number of likely N-dealkylation sites (tertiary alicyclic amines) is 1. The van der Waals surface area contributed by atoms with Crippen LogP contribution in [0.15, 0.2) is 54.7 Å². The molecule has 9 nitrogen and oxygen atoms in total. The Morgan fingerprint density at radius 1 is 1.15 bits per heavy atom. The van der Waals surface area contributed by atoms with Gasteiger partial charge in [-0.2, -0.15) is 5.26 Å². The highest BCUT2D eigenvalue weighted by molar-refractivity contribution is 5.69. The van der Waals surface area contributed by atoms with Crippen LogP contribution in [0.2, 0.25) is 0 Å². The number of carbonyl (C=O) groups excluding carboxylic acids is 1. The molecule has 1 atom stereocenters. The lowest BCUT2D eigenvalue weighted by Gasteiger charge is -2.32. The van der Waals surface area contributed by atoms with Gasteiger partial charge in [0.25, 0.3) is 0 Å². The number of ether oxygens (including phenoxy) is 2. The van der Waals surface area contributed by atoms with Crippen molar-refractivity contribution in [3.05, 3.63) is 65.9 Å². The molecule has 2 fully saturated rings. The van der Waals surface area contributed by atoms with Crippen molar-refractivity contribution in [1.82, 2.24) is 14.9 Å². The summed E-state index contributed by atoms with van der Waals surface area (Å²) in [6, 6.07) is 18.0. The minimum absolute atomic E-state index is 0.156. The first-order valence-corrected chi connectivity index (χ1v) is 14.3. The number of morpholine rings is 1. The summed E-state index contributed by atoms with van der Waals surface area (Å²) in [5, 5.41) is 12.6. The maximum absolute atomic E-state index is 12.9. The van der Waals surface area contributed by atoms with Crippen molar-refractivity contribution in [3.8, 4) is 17.3 Å². The molecule has 214 valence electrons. The van der Waals surface area contributed by atoms with E-state index in [-0.39, 0.29) is 12.1 Å². The topological polar surface area (TPSA) is 104 Å². The van der Waals surface area contributed by atoms with Crippen LogP contribution in [-0.2, 0) is 15.9 Å². The van der Waals surface area contributed by atoms with Gasteiger partial charge in [0.2, 0.25) is 5.95 Å². The number of hydrogen-bond acceptors (Lipinski definition) is 8. The molecule has 2 aromatic carbocycles. The van der Waals surface area contributed by atoms with E-state index in [1.165, 1.54) is 11.3 Å². The van der Waals surface area contributed by atoms with Gasteiger partial charge >= 0.3 is 6.09 Å². The second-order valence-electron chi connectivity index (χ2n) is 11.5. The Bertz CT molecular complexity index is 1410. The third-order valence-corrected chi connectivity index (χ3v) is 7.38. The first-order valence-electron chi connectivity index (χ1n) is 14.3. The van der Waals surface area contributed by atoms with Crippen LogP contribution >= 0.6 is 0 Å². The normalized spacial score (nSPS) is 17.3. The molecule has 2 aliphatic heterocycles. The van der Waals surface area contributed by atoms with Gasteiger partial charge in [0.1, 0.15) is 5.60 Å². The third kappa shape index (κ3) is 7.33. The lowest BCUT2D eigenvalue weighted by molar-refractivity contribution is 0.0220. The Morgan fingerprint density at radius 3 is 2.76 bits per heavy atom. The number of benzene rings is 2. The summed E-state index contributed by atoms with van der Waals surface area (Å²) in [6.45, 7) is 9.58. The summed E-state index contributed by atoms with van der Waals surface area (Å²) in [7, 11) is 0. The Morgan fingerprint density at radius 2 is 1.98 bits per heavy atom. The van der Waals surface area contributed by atoms with Crippen LogP contribution in [0.1, 0.15) is 51.2 Å². The van der Waals surface area contributed by atoms with Crippen molar-refractivity contribution in [2.75, 3.05) is 43.1 Å². The first-order chi connectivity index (χ1) is 19.8. The smallest absolute Gasteiger partial charge is 0.410 e. The van der Waals surface area contributed by atoms with Gasteiger partial charge < -0.3 is 24.6 Å². The second-order valence-corrected chi connectivity index (χ2v) is 11.5. The molecule has 2 aliphatic rings. The third-order valence-electron chi connectivity index (χ3n) is 7.38. The van der Waals surface area contributed by atoms with E-state index in [0.717, 1.165) is 62.3 Å². The highest BCUT2D eigenvalue weighted by atomic mass is 16.6. The monoisotopic (exact) mass is 554 g/mol. The van der Waals surface area contributed by atoms with Crippen LogP contribution in [0, 0.1) is 11.3 Å². The summed E-state index contributed by atoms with van der Waals surface area (Å²) >= 11 is 0. The fourth-order valence-electron chi connectivity index (χ4n) is 5.45. The van der Waals surface area contributed by atoms with E-state index in [4.69, 9.17) is 14.5 Å². The van der Waals surface area contributed by atoms with Crippen LogP contribution in [0.25, 0.3) is 11.3 Å². The molecule has 0 aliphatic carbocycles. The Balaban J connectivity index is 1.35. The SMILES string of the molecule is CC(C)(C)OC(=O)N1CCC[C@H]1CCc1cc(Nc2nccc(-c3cccc(C#N)c3)n2)ccc1N1CCOCC1. The lowest BCUT2D eigenvalue weighted by atomic mass is 10.0. The zero-order valence-electron chi connectivity index (χ0n) is 24.1. The molecule has 0 unspecified atom stereocenters. The summed E-state index contributed by atoms with van der Waals surface area (Å²) in [6.07, 6.45) is 5.17. The van der Waals surface area contributed by atoms with Crippen molar-refractivity contribution >= 4 is 23.4 Å². The molecule has 0 bridgehead atoms. The number of nitrogens with zero attached hydrogens (tertiary/aromatic N) is 5. The van der Waals surface area contributed by atoms with Crippen molar-refractivity contribution in [1.29, 1.82) is 5.26 Å². The number of aryl methyl sites for hydroxylation is 1. The number of hydrogen-bond donors (Lipinski definition) is 1. The van der Waals surface area contributed by atoms with E-state index in [2.05, 4.69) is 39.5 Å². The maximum Gasteiger partial charge on any atom is 0.410 e. The molecule has 1 N–H and O–H groups in total. The van der Waals surface area contributed by atoms with E-state index in [1.54, 1.807) is 12.3 Å². The maximum atomic E-state index is 12.9. The van der Waals surface area contributed by atoms with Crippen LogP contribution in [0.4, 0.5) is 22.1 Å². The van der Waals surface area contributed by atoms with E-state index >= 15 is 0 Å². The van der Waals surface area contributed by atoms with Crippen molar-refractivity contribution < 1.29 is 14.3 Å². The average Bonchev–Trinajstić information content (AvgIpc) is 3.45. The van der Waals surface area contributed by atoms with Gasteiger partial charge in [0.15, 0.2) is 0 Å². The number of anilines is 3. The van der Waals surface area contributed by atoms with Crippen LogP contribution in [-0.4, -0.2) is 65.5 Å². The zero-order chi connectivity index (χ0) is 28.8. The number of aromatic nitrogens is 2. The number of carbonyl (C=O) groups is 1. The molecule has 0 radical (unpaired) electrons. The van der Waals surface area contributed by atoms with Crippen molar-refractivity contribution in [2.45, 2.75) is 58.1 Å². The summed E-state index contributed by atoms with van der Waals surface area (Å²) in [5.74, 6) is 0.488. The molecule has 0 spiro atoms. The van der Waals surface area contributed by atoms with E-state index in [1.807, 2.05) is 49.9 Å². The molecule has 9 heteroatoms. The molecule has 2 saturated heterocycles. The summed E-state index contributed by atoms with van der Waals surface area (Å²) < 4.78 is 11.3. The predicted octanol–water partition coefficient (Wildman–Crippen LogP) is 5.93. The van der Waals surface area contributed by atoms with Gasteiger partial charge in [0.05, 0.1) is 30.5 Å². The number of rotatable bonds is 7. The molecular weight excluding hydrogens is 516 g/mol. The Labute approximate surface area is 242 Å². The Kier molecular flexibility index (Phi) is 8.70. The van der Waals surface area contributed by atoms with Crippen LogP contribution in [0.5, 0.6) is 0 Å². The quantitative estimate of drug-likeness (QED) is 0.383. The standard InChI is InChI=1S/C32H38N6O3/c1-32(2,3)41-31(39)38-15-5-8-27(38)11-9-25-21-26(10-12-29(25)37-16-18-40-19-17-37)35-30-34-14-13-28(36-30)24-7-4-6-23(20-24)22-33/h4,6-7,10,12-14,20-21,27H,5,8-9,11,15-19H2,1-3H3,(H,34,35,36)/t27-/m0/s1.